The van der Waals surface area contributed by atoms with Crippen molar-refractivity contribution in [3.05, 3.63) is 0 Å². The molecule has 0 aromatic heterocycles. The van der Waals surface area contributed by atoms with Gasteiger partial charge in [-0.3, -0.25) is 4.79 Å². The number of carbonyl (C=O) groups is 1. The minimum Gasteiger partial charge on any atom is -0.384 e. The fourth-order valence-corrected chi connectivity index (χ4v) is 2.38. The van der Waals surface area contributed by atoms with E-state index in [9.17, 15) is 4.79 Å². The molecule has 16 heavy (non-hydrogen) atoms. The van der Waals surface area contributed by atoms with E-state index >= 15 is 0 Å². The molecule has 0 radical (unpaired) electrons. The highest BCUT2D eigenvalue weighted by Crippen LogP contribution is 2.26. The van der Waals surface area contributed by atoms with Gasteiger partial charge in [0, 0.05) is 26.1 Å². The topological polar surface area (TPSA) is 64.3 Å². The Balaban J connectivity index is 2.32. The SMILES string of the molecule is COCCC(=O)NC(CN)C1CCCCC1. The summed E-state index contributed by atoms with van der Waals surface area (Å²) in [7, 11) is 1.61. The van der Waals surface area contributed by atoms with Crippen molar-refractivity contribution >= 4 is 5.91 Å². The lowest BCUT2D eigenvalue weighted by Crippen LogP contribution is -2.46. The van der Waals surface area contributed by atoms with Crippen LogP contribution in [-0.4, -0.2) is 32.2 Å². The van der Waals surface area contributed by atoms with Crippen LogP contribution < -0.4 is 11.1 Å². The van der Waals surface area contributed by atoms with Gasteiger partial charge < -0.3 is 15.8 Å². The second-order valence-electron chi connectivity index (χ2n) is 4.55. The number of amides is 1. The number of ether oxygens (including phenoxy) is 1. The second-order valence-corrected chi connectivity index (χ2v) is 4.55. The van der Waals surface area contributed by atoms with Crippen LogP contribution in [0, 0.1) is 5.92 Å². The standard InChI is InChI=1S/C12H24N2O2/c1-16-8-7-12(15)14-11(9-13)10-5-3-2-4-6-10/h10-11H,2-9,13H2,1H3,(H,14,15). The molecule has 0 bridgehead atoms. The first-order valence-electron chi connectivity index (χ1n) is 6.26. The highest BCUT2D eigenvalue weighted by Gasteiger charge is 2.23. The maximum absolute atomic E-state index is 11.6. The molecule has 0 spiro atoms. The third-order valence-corrected chi connectivity index (χ3v) is 3.35. The van der Waals surface area contributed by atoms with E-state index in [1.165, 1.54) is 32.1 Å². The zero-order valence-corrected chi connectivity index (χ0v) is 10.2. The van der Waals surface area contributed by atoms with E-state index in [1.807, 2.05) is 0 Å². The number of hydrogen-bond acceptors (Lipinski definition) is 3. The van der Waals surface area contributed by atoms with Gasteiger partial charge in [0.25, 0.3) is 0 Å². The third-order valence-electron chi connectivity index (χ3n) is 3.35. The summed E-state index contributed by atoms with van der Waals surface area (Å²) < 4.78 is 4.88. The summed E-state index contributed by atoms with van der Waals surface area (Å²) in [5.74, 6) is 0.633. The van der Waals surface area contributed by atoms with Crippen LogP contribution in [-0.2, 0) is 9.53 Å². The monoisotopic (exact) mass is 228 g/mol. The number of nitrogens with one attached hydrogen (secondary N) is 1. The molecular weight excluding hydrogens is 204 g/mol. The largest absolute Gasteiger partial charge is 0.384 e. The minimum atomic E-state index is 0.0582. The van der Waals surface area contributed by atoms with Crippen molar-refractivity contribution in [2.75, 3.05) is 20.3 Å². The summed E-state index contributed by atoms with van der Waals surface area (Å²) in [6, 6.07) is 0.157. The molecule has 1 unspecified atom stereocenters. The van der Waals surface area contributed by atoms with Gasteiger partial charge in [-0.05, 0) is 18.8 Å². The van der Waals surface area contributed by atoms with Crippen molar-refractivity contribution in [2.24, 2.45) is 11.7 Å². The molecule has 94 valence electrons. The van der Waals surface area contributed by atoms with Gasteiger partial charge in [0.2, 0.25) is 5.91 Å². The Kier molecular flexibility index (Phi) is 6.42. The molecule has 1 aliphatic carbocycles. The van der Waals surface area contributed by atoms with Crippen LogP contribution >= 0.6 is 0 Å². The first-order chi connectivity index (χ1) is 7.77. The molecule has 0 saturated heterocycles. The molecule has 4 nitrogen and oxygen atoms in total. The highest BCUT2D eigenvalue weighted by molar-refractivity contribution is 5.76. The Morgan fingerprint density at radius 1 is 1.44 bits per heavy atom. The average molecular weight is 228 g/mol. The smallest absolute Gasteiger partial charge is 0.222 e. The summed E-state index contributed by atoms with van der Waals surface area (Å²) in [6.45, 7) is 1.02. The van der Waals surface area contributed by atoms with E-state index in [2.05, 4.69) is 5.32 Å². The van der Waals surface area contributed by atoms with Crippen molar-refractivity contribution in [3.8, 4) is 0 Å². The Morgan fingerprint density at radius 3 is 2.69 bits per heavy atom. The Hall–Kier alpha value is -0.610. The molecule has 1 amide bonds. The number of carbonyl (C=O) groups excluding carboxylic acids is 1. The van der Waals surface area contributed by atoms with Crippen LogP contribution in [0.4, 0.5) is 0 Å². The molecule has 0 aliphatic heterocycles. The summed E-state index contributed by atoms with van der Waals surface area (Å²) >= 11 is 0. The minimum absolute atomic E-state index is 0.0582. The number of hydrogen-bond donors (Lipinski definition) is 2. The predicted molar refractivity (Wildman–Crippen MR) is 64.1 cm³/mol. The third kappa shape index (κ3) is 4.49. The molecule has 1 rings (SSSR count). The van der Waals surface area contributed by atoms with Crippen LogP contribution in [0.5, 0.6) is 0 Å². The molecule has 4 heteroatoms. The summed E-state index contributed by atoms with van der Waals surface area (Å²) in [5, 5.41) is 3.03. The normalized spacial score (nSPS) is 19.4. The van der Waals surface area contributed by atoms with Crippen molar-refractivity contribution in [1.82, 2.24) is 5.32 Å². The van der Waals surface area contributed by atoms with Gasteiger partial charge in [-0.1, -0.05) is 19.3 Å². The maximum Gasteiger partial charge on any atom is 0.222 e. The lowest BCUT2D eigenvalue weighted by molar-refractivity contribution is -0.123. The summed E-state index contributed by atoms with van der Waals surface area (Å²) in [4.78, 5) is 11.6. The maximum atomic E-state index is 11.6. The van der Waals surface area contributed by atoms with E-state index in [4.69, 9.17) is 10.5 Å². The van der Waals surface area contributed by atoms with E-state index in [1.54, 1.807) is 7.11 Å². The molecule has 1 atom stereocenters. The summed E-state index contributed by atoms with van der Waals surface area (Å²) in [6.07, 6.45) is 6.70. The molecule has 1 fully saturated rings. The Morgan fingerprint density at radius 2 is 2.12 bits per heavy atom. The number of rotatable bonds is 6. The van der Waals surface area contributed by atoms with E-state index in [-0.39, 0.29) is 11.9 Å². The van der Waals surface area contributed by atoms with Gasteiger partial charge in [-0.25, -0.2) is 0 Å². The van der Waals surface area contributed by atoms with Gasteiger partial charge in [0.15, 0.2) is 0 Å². The van der Waals surface area contributed by atoms with E-state index in [0.29, 0.717) is 25.5 Å². The van der Waals surface area contributed by atoms with Crippen molar-refractivity contribution in [1.29, 1.82) is 0 Å². The Labute approximate surface area is 97.9 Å². The fraction of sp³-hybridized carbons (Fsp3) is 0.917. The zero-order valence-electron chi connectivity index (χ0n) is 10.2. The van der Waals surface area contributed by atoms with Gasteiger partial charge in [0.1, 0.15) is 0 Å². The molecule has 0 aromatic carbocycles. The van der Waals surface area contributed by atoms with Crippen molar-refractivity contribution < 1.29 is 9.53 Å². The summed E-state index contributed by atoms with van der Waals surface area (Å²) in [5.41, 5.74) is 5.73. The zero-order chi connectivity index (χ0) is 11.8. The average Bonchev–Trinajstić information content (AvgIpc) is 2.34. The predicted octanol–water partition coefficient (Wildman–Crippen LogP) is 1.05. The van der Waals surface area contributed by atoms with Gasteiger partial charge >= 0.3 is 0 Å². The van der Waals surface area contributed by atoms with Crippen LogP contribution in [0.1, 0.15) is 38.5 Å². The molecule has 1 aliphatic rings. The van der Waals surface area contributed by atoms with Crippen LogP contribution in [0.25, 0.3) is 0 Å². The lowest BCUT2D eigenvalue weighted by Gasteiger charge is -2.30. The molecule has 0 heterocycles. The first-order valence-corrected chi connectivity index (χ1v) is 6.26. The molecule has 1 saturated carbocycles. The molecule has 3 N–H and O–H groups in total. The second kappa shape index (κ2) is 7.63. The number of methoxy groups -OCH3 is 1. The van der Waals surface area contributed by atoms with Gasteiger partial charge in [0.05, 0.1) is 6.61 Å². The quantitative estimate of drug-likeness (QED) is 0.714. The fourth-order valence-electron chi connectivity index (χ4n) is 2.38. The molecule has 0 aromatic rings. The van der Waals surface area contributed by atoms with Crippen LogP contribution in [0.15, 0.2) is 0 Å². The van der Waals surface area contributed by atoms with E-state index in [0.717, 1.165) is 0 Å². The lowest BCUT2D eigenvalue weighted by atomic mass is 9.84. The van der Waals surface area contributed by atoms with Crippen molar-refractivity contribution in [2.45, 2.75) is 44.6 Å². The van der Waals surface area contributed by atoms with Crippen LogP contribution in [0.2, 0.25) is 0 Å². The highest BCUT2D eigenvalue weighted by atomic mass is 16.5. The van der Waals surface area contributed by atoms with Crippen LogP contribution in [0.3, 0.4) is 0 Å². The first kappa shape index (κ1) is 13.5. The molecular formula is C12H24N2O2. The van der Waals surface area contributed by atoms with Gasteiger partial charge in [-0.2, -0.15) is 0 Å². The number of nitrogens with two attached hydrogens (primary N) is 1. The Bertz CT molecular complexity index is 203. The van der Waals surface area contributed by atoms with Gasteiger partial charge in [-0.15, -0.1) is 0 Å². The van der Waals surface area contributed by atoms with E-state index < -0.39 is 0 Å². The van der Waals surface area contributed by atoms with Crippen molar-refractivity contribution in [3.63, 3.8) is 0 Å².